The van der Waals surface area contributed by atoms with E-state index in [1.165, 1.54) is 12.3 Å². The third-order valence-corrected chi connectivity index (χ3v) is 5.05. The molecule has 148 valence electrons. The number of aromatic amines is 1. The van der Waals surface area contributed by atoms with Crippen LogP contribution >= 0.6 is 0 Å². The van der Waals surface area contributed by atoms with Crippen molar-refractivity contribution in [3.8, 4) is 22.9 Å². The summed E-state index contributed by atoms with van der Waals surface area (Å²) in [7, 11) is 1.85. The molecular weight excluding hydrogens is 380 g/mol. The van der Waals surface area contributed by atoms with E-state index in [1.807, 2.05) is 62.5 Å². The number of ether oxygens (including phenoxy) is 1. The van der Waals surface area contributed by atoms with Crippen LogP contribution in [0.1, 0.15) is 15.9 Å². The van der Waals surface area contributed by atoms with Crippen molar-refractivity contribution < 1.29 is 14.6 Å². The van der Waals surface area contributed by atoms with E-state index in [2.05, 4.69) is 15.1 Å². The number of rotatable bonds is 4. The van der Waals surface area contributed by atoms with Crippen LogP contribution in [0.15, 0.2) is 60.8 Å². The molecule has 3 heterocycles. The van der Waals surface area contributed by atoms with Crippen molar-refractivity contribution in [1.82, 2.24) is 19.7 Å². The molecule has 30 heavy (non-hydrogen) atoms. The van der Waals surface area contributed by atoms with Crippen LogP contribution in [0, 0.1) is 6.92 Å². The van der Waals surface area contributed by atoms with Gasteiger partial charge in [-0.1, -0.05) is 24.3 Å². The van der Waals surface area contributed by atoms with Gasteiger partial charge in [-0.3, -0.25) is 9.67 Å². The Labute approximate surface area is 171 Å². The average molecular weight is 398 g/mol. The molecule has 2 N–H and O–H groups in total. The van der Waals surface area contributed by atoms with Crippen molar-refractivity contribution in [3.63, 3.8) is 0 Å². The largest absolute Gasteiger partial charge is 0.478 e. The van der Waals surface area contributed by atoms with E-state index in [-0.39, 0.29) is 5.56 Å². The Morgan fingerprint density at radius 2 is 1.97 bits per heavy atom. The number of aromatic carboxylic acids is 1. The summed E-state index contributed by atoms with van der Waals surface area (Å²) in [4.78, 5) is 19.1. The molecule has 0 spiro atoms. The first-order valence-corrected chi connectivity index (χ1v) is 9.43. The standard InChI is InChI=1S/C23H18N4O3/c1-13-5-3-6-14(11-13)30-19-8-4-7-15-21(19)26-27(2)22(15)18-12-17-20(25-18)16(23(28)29)9-10-24-17/h3-12,25H,1-2H3,(H,28,29). The summed E-state index contributed by atoms with van der Waals surface area (Å²) >= 11 is 0. The van der Waals surface area contributed by atoms with Gasteiger partial charge in [0.15, 0.2) is 5.75 Å². The number of pyridine rings is 1. The Hall–Kier alpha value is -4.13. The number of aromatic nitrogens is 4. The molecule has 0 aliphatic rings. The van der Waals surface area contributed by atoms with Gasteiger partial charge in [0.1, 0.15) is 11.3 Å². The molecule has 0 radical (unpaired) electrons. The van der Waals surface area contributed by atoms with Crippen LogP contribution in [0.4, 0.5) is 0 Å². The molecule has 2 aromatic carbocycles. The maximum absolute atomic E-state index is 11.6. The number of carboxylic acid groups (broad SMARTS) is 1. The van der Waals surface area contributed by atoms with Crippen molar-refractivity contribution in [1.29, 1.82) is 0 Å². The summed E-state index contributed by atoms with van der Waals surface area (Å²) in [5.74, 6) is 0.399. The summed E-state index contributed by atoms with van der Waals surface area (Å²) in [6.45, 7) is 2.02. The van der Waals surface area contributed by atoms with E-state index < -0.39 is 5.97 Å². The molecule has 0 aliphatic heterocycles. The van der Waals surface area contributed by atoms with Gasteiger partial charge >= 0.3 is 5.97 Å². The lowest BCUT2D eigenvalue weighted by atomic mass is 10.1. The Morgan fingerprint density at radius 3 is 2.77 bits per heavy atom. The summed E-state index contributed by atoms with van der Waals surface area (Å²) in [6, 6.07) is 16.9. The molecule has 0 fully saturated rings. The van der Waals surface area contributed by atoms with Gasteiger partial charge in [-0.15, -0.1) is 0 Å². The van der Waals surface area contributed by atoms with Gasteiger partial charge in [0, 0.05) is 18.6 Å². The molecule has 0 aliphatic carbocycles. The first kappa shape index (κ1) is 17.9. The van der Waals surface area contributed by atoms with Crippen molar-refractivity contribution in [2.24, 2.45) is 7.05 Å². The molecule has 0 atom stereocenters. The fourth-order valence-corrected chi connectivity index (χ4v) is 3.73. The number of aryl methyl sites for hydroxylation is 2. The molecule has 7 heteroatoms. The minimum atomic E-state index is -1.00. The Kier molecular flexibility index (Phi) is 4.03. The van der Waals surface area contributed by atoms with Crippen molar-refractivity contribution in [2.75, 3.05) is 0 Å². The second-order valence-corrected chi connectivity index (χ2v) is 7.15. The number of H-pyrrole nitrogens is 1. The number of carboxylic acids is 1. The third-order valence-electron chi connectivity index (χ3n) is 5.05. The fourth-order valence-electron chi connectivity index (χ4n) is 3.73. The van der Waals surface area contributed by atoms with E-state index in [9.17, 15) is 9.90 Å². The Balaban J connectivity index is 1.66. The Morgan fingerprint density at radius 1 is 1.13 bits per heavy atom. The Bertz CT molecular complexity index is 1430. The van der Waals surface area contributed by atoms with Gasteiger partial charge in [-0.25, -0.2) is 4.79 Å². The number of hydrogen-bond donors (Lipinski definition) is 2. The van der Waals surface area contributed by atoms with Gasteiger partial charge in [0.2, 0.25) is 0 Å². The number of nitrogens with zero attached hydrogens (tertiary/aromatic N) is 3. The van der Waals surface area contributed by atoms with Crippen LogP contribution in [0.2, 0.25) is 0 Å². The van der Waals surface area contributed by atoms with Crippen LogP contribution in [0.25, 0.3) is 33.3 Å². The molecule has 3 aromatic heterocycles. The van der Waals surface area contributed by atoms with E-state index in [0.717, 1.165) is 33.6 Å². The number of fused-ring (bicyclic) bond motifs is 2. The molecule has 0 bridgehead atoms. The highest BCUT2D eigenvalue weighted by atomic mass is 16.5. The maximum atomic E-state index is 11.6. The van der Waals surface area contributed by atoms with Crippen LogP contribution < -0.4 is 4.74 Å². The number of carbonyl (C=O) groups is 1. The van der Waals surface area contributed by atoms with Gasteiger partial charge in [0.05, 0.1) is 28.0 Å². The summed E-state index contributed by atoms with van der Waals surface area (Å²) in [6.07, 6.45) is 1.50. The van der Waals surface area contributed by atoms with E-state index in [1.54, 1.807) is 4.68 Å². The molecule has 0 unspecified atom stereocenters. The minimum Gasteiger partial charge on any atom is -0.478 e. The lowest BCUT2D eigenvalue weighted by Gasteiger charge is -2.06. The lowest BCUT2D eigenvalue weighted by molar-refractivity contribution is 0.0698. The molecule has 0 saturated carbocycles. The summed E-state index contributed by atoms with van der Waals surface area (Å²) < 4.78 is 7.87. The van der Waals surface area contributed by atoms with Gasteiger partial charge in [-0.05, 0) is 42.8 Å². The van der Waals surface area contributed by atoms with Crippen LogP contribution in [-0.4, -0.2) is 30.8 Å². The van der Waals surface area contributed by atoms with Crippen molar-refractivity contribution in [3.05, 3.63) is 71.9 Å². The highest BCUT2D eigenvalue weighted by Crippen LogP contribution is 2.36. The number of hydrogen-bond acceptors (Lipinski definition) is 4. The zero-order valence-corrected chi connectivity index (χ0v) is 16.4. The first-order chi connectivity index (χ1) is 14.5. The summed E-state index contributed by atoms with van der Waals surface area (Å²) in [5, 5.41) is 15.0. The molecular formula is C23H18N4O3. The number of nitrogens with one attached hydrogen (secondary N) is 1. The van der Waals surface area contributed by atoms with Crippen LogP contribution in [-0.2, 0) is 7.05 Å². The smallest absolute Gasteiger partial charge is 0.337 e. The molecule has 5 aromatic rings. The molecule has 0 saturated heterocycles. The molecule has 5 rings (SSSR count). The van der Waals surface area contributed by atoms with Gasteiger partial charge in [0.25, 0.3) is 0 Å². The van der Waals surface area contributed by atoms with Crippen molar-refractivity contribution in [2.45, 2.75) is 6.92 Å². The van der Waals surface area contributed by atoms with Crippen LogP contribution in [0.5, 0.6) is 11.5 Å². The van der Waals surface area contributed by atoms with E-state index in [4.69, 9.17) is 4.74 Å². The average Bonchev–Trinajstić information content (AvgIpc) is 3.28. The quantitative estimate of drug-likeness (QED) is 0.448. The molecule has 0 amide bonds. The fraction of sp³-hybridized carbons (Fsp3) is 0.0870. The maximum Gasteiger partial charge on any atom is 0.337 e. The third kappa shape index (κ3) is 2.88. The highest BCUT2D eigenvalue weighted by Gasteiger charge is 2.19. The van der Waals surface area contributed by atoms with E-state index in [0.29, 0.717) is 16.8 Å². The topological polar surface area (TPSA) is 93.0 Å². The second kappa shape index (κ2) is 6.73. The molecule has 7 nitrogen and oxygen atoms in total. The highest BCUT2D eigenvalue weighted by molar-refractivity contribution is 6.03. The minimum absolute atomic E-state index is 0.182. The lowest BCUT2D eigenvalue weighted by Crippen LogP contribution is -1.98. The van der Waals surface area contributed by atoms with Gasteiger partial charge < -0.3 is 14.8 Å². The normalized spacial score (nSPS) is 11.3. The predicted octanol–water partition coefficient (Wildman–Crippen LogP) is 4.92. The summed E-state index contributed by atoms with van der Waals surface area (Å²) in [5.41, 5.74) is 4.66. The number of benzene rings is 2. The SMILES string of the molecule is Cc1cccc(Oc2cccc3c(-c4cc5nccc(C(=O)O)c5[nH]4)n(C)nc23)c1. The first-order valence-electron chi connectivity index (χ1n) is 9.43. The second-order valence-electron chi connectivity index (χ2n) is 7.15. The zero-order valence-electron chi connectivity index (χ0n) is 16.4. The predicted molar refractivity (Wildman–Crippen MR) is 114 cm³/mol. The zero-order chi connectivity index (χ0) is 20.8. The van der Waals surface area contributed by atoms with E-state index >= 15 is 0 Å². The van der Waals surface area contributed by atoms with Crippen LogP contribution in [0.3, 0.4) is 0 Å². The van der Waals surface area contributed by atoms with Gasteiger partial charge in [-0.2, -0.15) is 5.10 Å². The van der Waals surface area contributed by atoms with Crippen molar-refractivity contribution >= 4 is 27.9 Å². The monoisotopic (exact) mass is 398 g/mol.